The van der Waals surface area contributed by atoms with Crippen LogP contribution in [0.25, 0.3) is 0 Å². The summed E-state index contributed by atoms with van der Waals surface area (Å²) in [4.78, 5) is 23.0. The van der Waals surface area contributed by atoms with Crippen LogP contribution in [0.4, 0.5) is 0 Å². The number of hydrogen-bond donors (Lipinski definition) is 1. The van der Waals surface area contributed by atoms with Crippen molar-refractivity contribution in [1.29, 1.82) is 0 Å². The largest absolute Gasteiger partial charge is 0.451 e. The van der Waals surface area contributed by atoms with Gasteiger partial charge in [0, 0.05) is 33.4 Å². The molecular weight excluding hydrogens is 310 g/mol. The smallest absolute Gasteiger partial charge is 0.355 e. The lowest BCUT2D eigenvalue weighted by Crippen LogP contribution is -2.30. The Morgan fingerprint density at radius 2 is 1.91 bits per heavy atom. The number of esters is 1. The van der Waals surface area contributed by atoms with E-state index in [0.29, 0.717) is 13.1 Å². The summed E-state index contributed by atoms with van der Waals surface area (Å²) in [7, 11) is -0.683. The number of aromatic nitrogens is 1. The van der Waals surface area contributed by atoms with E-state index in [1.165, 1.54) is 35.2 Å². The Balaban J connectivity index is 3.01. The highest BCUT2D eigenvalue weighted by Gasteiger charge is 2.26. The first-order valence-corrected chi connectivity index (χ1v) is 8.26. The number of sulfonamides is 1. The topological polar surface area (TPSA) is 97.7 Å². The molecule has 8 nitrogen and oxygen atoms in total. The second-order valence-electron chi connectivity index (χ2n) is 4.51. The van der Waals surface area contributed by atoms with Crippen molar-refractivity contribution in [3.63, 3.8) is 0 Å². The summed E-state index contributed by atoms with van der Waals surface area (Å²) in [5, 5.41) is 2.32. The number of hydrogen-bond acceptors (Lipinski definition) is 5. The normalized spacial score (nSPS) is 11.5. The standard InChI is InChI=1S/C13H21N3O5S/c1-5-16(6-2)22(19,20)10-7-11(15(4)8-10)13(18)21-9-12(17)14-3/h7-8H,5-6,9H2,1-4H3,(H,14,17). The third-order valence-corrected chi connectivity index (χ3v) is 5.16. The van der Waals surface area contributed by atoms with Crippen molar-refractivity contribution in [3.05, 3.63) is 18.0 Å². The molecule has 0 atom stereocenters. The van der Waals surface area contributed by atoms with E-state index in [-0.39, 0.29) is 10.6 Å². The predicted octanol–water partition coefficient (Wildman–Crippen LogP) is -0.0416. The number of carbonyl (C=O) groups excluding carboxylic acids is 2. The monoisotopic (exact) mass is 331 g/mol. The van der Waals surface area contributed by atoms with Crippen molar-refractivity contribution in [2.45, 2.75) is 18.7 Å². The van der Waals surface area contributed by atoms with Gasteiger partial charge in [0.25, 0.3) is 5.91 Å². The van der Waals surface area contributed by atoms with E-state index in [1.807, 2.05) is 0 Å². The second kappa shape index (κ2) is 7.41. The van der Waals surface area contributed by atoms with Crippen LogP contribution in [0.5, 0.6) is 0 Å². The fraction of sp³-hybridized carbons (Fsp3) is 0.538. The Labute approximate surface area is 130 Å². The number of nitrogens with one attached hydrogen (secondary N) is 1. The molecule has 0 aromatic carbocycles. The number of nitrogens with zero attached hydrogens (tertiary/aromatic N) is 2. The lowest BCUT2D eigenvalue weighted by molar-refractivity contribution is -0.123. The van der Waals surface area contributed by atoms with E-state index in [2.05, 4.69) is 5.32 Å². The van der Waals surface area contributed by atoms with Crippen LogP contribution in [0.1, 0.15) is 24.3 Å². The van der Waals surface area contributed by atoms with E-state index in [9.17, 15) is 18.0 Å². The summed E-state index contributed by atoms with van der Waals surface area (Å²) in [6.07, 6.45) is 1.35. The van der Waals surface area contributed by atoms with Crippen LogP contribution in [0, 0.1) is 0 Å². The van der Waals surface area contributed by atoms with E-state index >= 15 is 0 Å². The molecule has 0 saturated carbocycles. The quantitative estimate of drug-likeness (QED) is 0.707. The Kier molecular flexibility index (Phi) is 6.12. The van der Waals surface area contributed by atoms with Gasteiger partial charge in [0.05, 0.1) is 0 Å². The molecule has 1 heterocycles. The van der Waals surface area contributed by atoms with Crippen molar-refractivity contribution in [3.8, 4) is 0 Å². The van der Waals surface area contributed by atoms with Crippen LogP contribution in [0.2, 0.25) is 0 Å². The number of likely N-dealkylation sites (N-methyl/N-ethyl adjacent to an activating group) is 1. The molecule has 22 heavy (non-hydrogen) atoms. The molecule has 0 aliphatic rings. The summed E-state index contributed by atoms with van der Waals surface area (Å²) < 4.78 is 32.3. The lowest BCUT2D eigenvalue weighted by Gasteiger charge is -2.17. The molecule has 0 spiro atoms. The zero-order valence-electron chi connectivity index (χ0n) is 13.1. The minimum atomic E-state index is -3.65. The molecule has 0 fully saturated rings. The molecule has 0 bridgehead atoms. The maximum absolute atomic E-state index is 12.4. The highest BCUT2D eigenvalue weighted by molar-refractivity contribution is 7.89. The van der Waals surface area contributed by atoms with E-state index in [4.69, 9.17) is 4.74 Å². The van der Waals surface area contributed by atoms with Crippen LogP contribution < -0.4 is 5.32 Å². The minimum absolute atomic E-state index is 0.0191. The van der Waals surface area contributed by atoms with Gasteiger partial charge in [-0.25, -0.2) is 13.2 Å². The number of rotatable bonds is 7. The van der Waals surface area contributed by atoms with Crippen molar-refractivity contribution < 1.29 is 22.7 Å². The molecule has 1 aromatic rings. The summed E-state index contributed by atoms with van der Waals surface area (Å²) >= 11 is 0. The van der Waals surface area contributed by atoms with Gasteiger partial charge in [-0.1, -0.05) is 13.8 Å². The van der Waals surface area contributed by atoms with Crippen LogP contribution in [0.15, 0.2) is 17.2 Å². The zero-order valence-corrected chi connectivity index (χ0v) is 13.9. The van der Waals surface area contributed by atoms with Crippen molar-refractivity contribution in [2.24, 2.45) is 7.05 Å². The van der Waals surface area contributed by atoms with Gasteiger partial charge in [-0.3, -0.25) is 4.79 Å². The fourth-order valence-electron chi connectivity index (χ4n) is 1.87. The maximum atomic E-state index is 12.4. The molecule has 1 N–H and O–H groups in total. The molecule has 1 aromatic heterocycles. The Morgan fingerprint density at radius 1 is 1.32 bits per heavy atom. The lowest BCUT2D eigenvalue weighted by atomic mass is 10.4. The fourth-order valence-corrected chi connectivity index (χ4v) is 3.40. The second-order valence-corrected chi connectivity index (χ2v) is 6.45. The zero-order chi connectivity index (χ0) is 16.9. The van der Waals surface area contributed by atoms with Gasteiger partial charge in [-0.05, 0) is 6.07 Å². The van der Waals surface area contributed by atoms with Gasteiger partial charge in [0.1, 0.15) is 10.6 Å². The third kappa shape index (κ3) is 3.86. The van der Waals surface area contributed by atoms with Crippen molar-refractivity contribution in [2.75, 3.05) is 26.7 Å². The summed E-state index contributed by atoms with van der Waals surface area (Å²) in [5.74, 6) is -1.20. The van der Waals surface area contributed by atoms with Crippen molar-refractivity contribution >= 4 is 21.9 Å². The van der Waals surface area contributed by atoms with E-state index in [1.54, 1.807) is 13.8 Å². The van der Waals surface area contributed by atoms with Crippen LogP contribution in [-0.4, -0.2) is 55.9 Å². The molecule has 0 unspecified atom stereocenters. The first-order valence-electron chi connectivity index (χ1n) is 6.82. The molecule has 1 rings (SSSR count). The number of carbonyl (C=O) groups is 2. The average Bonchev–Trinajstić information content (AvgIpc) is 2.88. The predicted molar refractivity (Wildman–Crippen MR) is 79.9 cm³/mol. The first kappa shape index (κ1) is 18.2. The van der Waals surface area contributed by atoms with Crippen LogP contribution in [0.3, 0.4) is 0 Å². The van der Waals surface area contributed by atoms with Gasteiger partial charge in [-0.2, -0.15) is 4.31 Å². The Hall–Kier alpha value is -1.87. The Morgan fingerprint density at radius 3 is 2.41 bits per heavy atom. The third-order valence-electron chi connectivity index (χ3n) is 3.15. The molecule has 0 radical (unpaired) electrons. The maximum Gasteiger partial charge on any atom is 0.355 e. The number of amides is 1. The number of aryl methyl sites for hydroxylation is 1. The van der Waals surface area contributed by atoms with Gasteiger partial charge in [0.15, 0.2) is 6.61 Å². The molecule has 9 heteroatoms. The summed E-state index contributed by atoms with van der Waals surface area (Å²) in [5.41, 5.74) is 0.0645. The van der Waals surface area contributed by atoms with E-state index < -0.39 is 28.5 Å². The highest BCUT2D eigenvalue weighted by Crippen LogP contribution is 2.18. The molecule has 0 aliphatic carbocycles. The summed E-state index contributed by atoms with van der Waals surface area (Å²) in [6.45, 7) is 3.73. The molecule has 124 valence electrons. The summed E-state index contributed by atoms with van der Waals surface area (Å²) in [6, 6.07) is 1.25. The van der Waals surface area contributed by atoms with Gasteiger partial charge in [0.2, 0.25) is 10.0 Å². The van der Waals surface area contributed by atoms with Gasteiger partial charge < -0.3 is 14.6 Å². The van der Waals surface area contributed by atoms with Gasteiger partial charge >= 0.3 is 5.97 Å². The molecule has 1 amide bonds. The number of ether oxygens (including phenoxy) is 1. The minimum Gasteiger partial charge on any atom is -0.451 e. The van der Waals surface area contributed by atoms with Crippen LogP contribution in [-0.2, 0) is 26.6 Å². The average molecular weight is 331 g/mol. The first-order chi connectivity index (χ1) is 10.3. The van der Waals surface area contributed by atoms with E-state index in [0.717, 1.165) is 0 Å². The Bertz CT molecular complexity index is 647. The SMILES string of the molecule is CCN(CC)S(=O)(=O)c1cc(C(=O)OCC(=O)NC)n(C)c1. The molecular formula is C13H21N3O5S. The van der Waals surface area contributed by atoms with Crippen molar-refractivity contribution in [1.82, 2.24) is 14.2 Å². The molecule has 0 saturated heterocycles. The molecule has 0 aliphatic heterocycles. The highest BCUT2D eigenvalue weighted by atomic mass is 32.2. The van der Waals surface area contributed by atoms with Crippen LogP contribution >= 0.6 is 0 Å². The van der Waals surface area contributed by atoms with Gasteiger partial charge in [-0.15, -0.1) is 0 Å².